The van der Waals surface area contributed by atoms with Crippen molar-refractivity contribution in [1.82, 2.24) is 9.80 Å². The summed E-state index contributed by atoms with van der Waals surface area (Å²) in [5.41, 5.74) is 6.38. The number of sulfone groups is 1. The molecular formula is C21H31N3O4S. The van der Waals surface area contributed by atoms with Crippen LogP contribution in [0.2, 0.25) is 0 Å². The minimum atomic E-state index is -3.07. The van der Waals surface area contributed by atoms with Crippen molar-refractivity contribution in [3.05, 3.63) is 35.9 Å². The lowest BCUT2D eigenvalue weighted by molar-refractivity contribution is -0.137. The smallest absolute Gasteiger partial charge is 0.237 e. The van der Waals surface area contributed by atoms with E-state index in [-0.39, 0.29) is 42.5 Å². The fraction of sp³-hybridized carbons (Fsp3) is 0.619. The van der Waals surface area contributed by atoms with Crippen molar-refractivity contribution in [3.8, 4) is 0 Å². The Bertz CT molecular complexity index is 806. The molecule has 3 rings (SSSR count). The van der Waals surface area contributed by atoms with Crippen LogP contribution < -0.4 is 5.73 Å². The molecule has 0 aromatic heterocycles. The highest BCUT2D eigenvalue weighted by Crippen LogP contribution is 2.29. The Labute approximate surface area is 173 Å². The molecule has 1 saturated carbocycles. The van der Waals surface area contributed by atoms with Crippen LogP contribution in [0.25, 0.3) is 0 Å². The van der Waals surface area contributed by atoms with Gasteiger partial charge >= 0.3 is 0 Å². The number of nitrogens with zero attached hydrogens (tertiary/aromatic N) is 2. The largest absolute Gasteiger partial charge is 0.370 e. The van der Waals surface area contributed by atoms with Crippen molar-refractivity contribution in [2.24, 2.45) is 5.73 Å². The average molecular weight is 422 g/mol. The summed E-state index contributed by atoms with van der Waals surface area (Å²) in [6.45, 7) is 1.11. The second-order valence-electron chi connectivity index (χ2n) is 8.21. The van der Waals surface area contributed by atoms with Crippen LogP contribution >= 0.6 is 0 Å². The van der Waals surface area contributed by atoms with Crippen LogP contribution in [0.3, 0.4) is 0 Å². The van der Waals surface area contributed by atoms with Crippen LogP contribution in [0, 0.1) is 0 Å². The van der Waals surface area contributed by atoms with Crippen molar-refractivity contribution in [2.45, 2.75) is 57.2 Å². The molecule has 1 saturated heterocycles. The third-order valence-corrected chi connectivity index (χ3v) is 7.64. The van der Waals surface area contributed by atoms with Gasteiger partial charge in [0.2, 0.25) is 11.8 Å². The molecule has 1 aromatic carbocycles. The number of hydrogen-bond acceptors (Lipinski definition) is 5. The van der Waals surface area contributed by atoms with Crippen LogP contribution in [0.15, 0.2) is 30.3 Å². The van der Waals surface area contributed by atoms with Crippen molar-refractivity contribution in [2.75, 3.05) is 24.6 Å². The lowest BCUT2D eigenvalue weighted by Gasteiger charge is -2.36. The summed E-state index contributed by atoms with van der Waals surface area (Å²) in [5.74, 6) is -0.219. The summed E-state index contributed by atoms with van der Waals surface area (Å²) in [6.07, 6.45) is 4.71. The molecule has 1 aliphatic heterocycles. The molecule has 29 heavy (non-hydrogen) atoms. The molecule has 2 N–H and O–H groups in total. The molecule has 0 spiro atoms. The quantitative estimate of drug-likeness (QED) is 0.648. The fourth-order valence-corrected chi connectivity index (χ4v) is 6.19. The maximum absolute atomic E-state index is 13.3. The number of primary amides is 1. The summed E-state index contributed by atoms with van der Waals surface area (Å²) in [5, 5.41) is 0. The van der Waals surface area contributed by atoms with Crippen LogP contribution in [-0.2, 0) is 26.0 Å². The van der Waals surface area contributed by atoms with Gasteiger partial charge in [0, 0.05) is 31.6 Å². The summed E-state index contributed by atoms with van der Waals surface area (Å²) in [6, 6.07) is 9.68. The Morgan fingerprint density at radius 3 is 2.31 bits per heavy atom. The van der Waals surface area contributed by atoms with Gasteiger partial charge in [-0.1, -0.05) is 43.2 Å². The topological polar surface area (TPSA) is 101 Å². The zero-order chi connectivity index (χ0) is 20.9. The number of nitrogens with two attached hydrogens (primary N) is 1. The van der Waals surface area contributed by atoms with Gasteiger partial charge in [-0.3, -0.25) is 14.5 Å². The van der Waals surface area contributed by atoms with Crippen LogP contribution in [0.1, 0.15) is 44.1 Å². The third-order valence-electron chi connectivity index (χ3n) is 5.89. The van der Waals surface area contributed by atoms with E-state index in [2.05, 4.69) is 0 Å². The van der Waals surface area contributed by atoms with E-state index in [1.54, 1.807) is 0 Å². The Balaban J connectivity index is 1.73. The van der Waals surface area contributed by atoms with Crippen molar-refractivity contribution in [1.29, 1.82) is 0 Å². The van der Waals surface area contributed by atoms with Gasteiger partial charge in [-0.15, -0.1) is 0 Å². The van der Waals surface area contributed by atoms with Crippen LogP contribution in [-0.4, -0.2) is 66.7 Å². The minimum Gasteiger partial charge on any atom is -0.370 e. The van der Waals surface area contributed by atoms with Gasteiger partial charge in [0.1, 0.15) is 0 Å². The first kappa shape index (κ1) is 21.8. The van der Waals surface area contributed by atoms with E-state index in [1.807, 2.05) is 40.1 Å². The zero-order valence-corrected chi connectivity index (χ0v) is 17.6. The fourth-order valence-electron chi connectivity index (χ4n) is 4.48. The number of benzene rings is 1. The monoisotopic (exact) mass is 421 g/mol. The molecule has 7 nitrogen and oxygen atoms in total. The van der Waals surface area contributed by atoms with E-state index in [0.29, 0.717) is 19.5 Å². The molecule has 0 bridgehead atoms. The van der Waals surface area contributed by atoms with Crippen molar-refractivity contribution < 1.29 is 18.0 Å². The first-order valence-corrected chi connectivity index (χ1v) is 12.2. The van der Waals surface area contributed by atoms with E-state index in [9.17, 15) is 18.0 Å². The zero-order valence-electron chi connectivity index (χ0n) is 16.8. The number of amides is 2. The highest BCUT2D eigenvalue weighted by molar-refractivity contribution is 7.91. The molecule has 1 aromatic rings. The van der Waals surface area contributed by atoms with Gasteiger partial charge in [-0.2, -0.15) is 0 Å². The van der Waals surface area contributed by atoms with Crippen LogP contribution in [0.5, 0.6) is 0 Å². The molecule has 1 aliphatic carbocycles. The van der Waals surface area contributed by atoms with Crippen molar-refractivity contribution >= 4 is 21.7 Å². The second kappa shape index (κ2) is 9.71. The number of hydrogen-bond donors (Lipinski definition) is 1. The van der Waals surface area contributed by atoms with Gasteiger partial charge in [0.25, 0.3) is 0 Å². The first-order chi connectivity index (χ1) is 13.8. The predicted molar refractivity (Wildman–Crippen MR) is 112 cm³/mol. The predicted octanol–water partition coefficient (Wildman–Crippen LogP) is 1.32. The standard InChI is InChI=1S/C21H31N3O4S/c22-20(25)10-12-23(14-17-6-2-1-3-7-17)15-21(26)24(18-8-4-5-9-18)19-11-13-29(27,28)16-19/h1-3,6-7,18-19H,4-5,8-16H2,(H2,22,25). The van der Waals surface area contributed by atoms with E-state index in [0.717, 1.165) is 31.2 Å². The second-order valence-corrected chi connectivity index (χ2v) is 10.4. The summed E-state index contributed by atoms with van der Waals surface area (Å²) >= 11 is 0. The molecule has 1 heterocycles. The average Bonchev–Trinajstić information content (AvgIpc) is 3.31. The molecule has 8 heteroatoms. The van der Waals surface area contributed by atoms with E-state index >= 15 is 0 Å². The molecule has 0 radical (unpaired) electrons. The Morgan fingerprint density at radius 1 is 1.03 bits per heavy atom. The minimum absolute atomic E-state index is 0.0422. The molecule has 2 amide bonds. The number of rotatable bonds is 9. The van der Waals surface area contributed by atoms with E-state index in [4.69, 9.17) is 5.73 Å². The molecule has 1 unspecified atom stereocenters. The first-order valence-electron chi connectivity index (χ1n) is 10.4. The van der Waals surface area contributed by atoms with Gasteiger partial charge in [-0.25, -0.2) is 8.42 Å². The Morgan fingerprint density at radius 2 is 1.72 bits per heavy atom. The van der Waals surface area contributed by atoms with Crippen molar-refractivity contribution in [3.63, 3.8) is 0 Å². The summed E-state index contributed by atoms with van der Waals surface area (Å²) in [7, 11) is -3.07. The molecule has 160 valence electrons. The van der Waals surface area contributed by atoms with E-state index in [1.165, 1.54) is 0 Å². The molecular weight excluding hydrogens is 390 g/mol. The van der Waals surface area contributed by atoms with E-state index < -0.39 is 15.7 Å². The normalized spacial score (nSPS) is 21.5. The number of carbonyl (C=O) groups excluding carboxylic acids is 2. The molecule has 2 fully saturated rings. The van der Waals surface area contributed by atoms with Gasteiger partial charge in [0.05, 0.1) is 18.1 Å². The third kappa shape index (κ3) is 6.27. The maximum Gasteiger partial charge on any atom is 0.237 e. The molecule has 2 aliphatic rings. The Kier molecular flexibility index (Phi) is 7.29. The van der Waals surface area contributed by atoms with Gasteiger partial charge in [0.15, 0.2) is 9.84 Å². The highest BCUT2D eigenvalue weighted by Gasteiger charge is 2.39. The van der Waals surface area contributed by atoms with Gasteiger partial charge < -0.3 is 10.6 Å². The maximum atomic E-state index is 13.3. The van der Waals surface area contributed by atoms with Gasteiger partial charge in [-0.05, 0) is 24.8 Å². The van der Waals surface area contributed by atoms with Crippen LogP contribution in [0.4, 0.5) is 0 Å². The lowest BCUT2D eigenvalue weighted by atomic mass is 10.1. The SMILES string of the molecule is NC(=O)CCN(CC(=O)N(C1CCCC1)C1CCS(=O)(=O)C1)Cc1ccccc1. The lowest BCUT2D eigenvalue weighted by Crippen LogP contribution is -2.50. The molecule has 1 atom stereocenters. The number of carbonyl (C=O) groups is 2. The Hall–Kier alpha value is -1.93. The summed E-state index contributed by atoms with van der Waals surface area (Å²) < 4.78 is 24.0. The summed E-state index contributed by atoms with van der Waals surface area (Å²) in [4.78, 5) is 28.4. The highest BCUT2D eigenvalue weighted by atomic mass is 32.2.